The number of benzene rings is 1. The molecular formula is C25H29N5O. The lowest BCUT2D eigenvalue weighted by Gasteiger charge is -2.56. The minimum atomic E-state index is 0.00510. The Kier molecular flexibility index (Phi) is 4.77. The first-order valence-electron chi connectivity index (χ1n) is 11.1. The van der Waals surface area contributed by atoms with E-state index in [0.29, 0.717) is 17.0 Å². The summed E-state index contributed by atoms with van der Waals surface area (Å²) in [5, 5.41) is 11.7. The lowest BCUT2D eigenvalue weighted by atomic mass is 9.53. The van der Waals surface area contributed by atoms with Gasteiger partial charge in [0.1, 0.15) is 11.4 Å². The standard InChI is InChI=1S/C25H29N5O/c1-3-30(2)20(15-26)5-7-22-21-6-4-19(11-23(21)29-28-22)24(31)27-25-12-16-8-17(13-25)10-18(9-16)14-25/h3-4,6,11,15-18H,1,8-10,12-14,26H2,2H3,(H,27,31)(H,28,29)/b20-15-. The Morgan fingerprint density at radius 2 is 1.97 bits per heavy atom. The van der Waals surface area contributed by atoms with Gasteiger partial charge in [-0.3, -0.25) is 9.89 Å². The molecule has 0 aliphatic heterocycles. The minimum absolute atomic E-state index is 0.00510. The van der Waals surface area contributed by atoms with E-state index in [2.05, 4.69) is 33.9 Å². The molecule has 31 heavy (non-hydrogen) atoms. The molecule has 4 fully saturated rings. The zero-order chi connectivity index (χ0) is 21.6. The summed E-state index contributed by atoms with van der Waals surface area (Å²) in [4.78, 5) is 14.9. The van der Waals surface area contributed by atoms with Crippen molar-refractivity contribution in [3.05, 3.63) is 54.1 Å². The van der Waals surface area contributed by atoms with Crippen molar-refractivity contribution < 1.29 is 4.79 Å². The average molecular weight is 416 g/mol. The highest BCUT2D eigenvalue weighted by molar-refractivity contribution is 5.99. The number of carbonyl (C=O) groups excluding carboxylic acids is 1. The molecule has 0 spiro atoms. The summed E-state index contributed by atoms with van der Waals surface area (Å²) in [7, 11) is 1.83. The van der Waals surface area contributed by atoms with Crippen LogP contribution in [-0.2, 0) is 0 Å². The number of hydrogen-bond acceptors (Lipinski definition) is 4. The molecule has 6 rings (SSSR count). The van der Waals surface area contributed by atoms with Crippen molar-refractivity contribution in [1.29, 1.82) is 0 Å². The highest BCUT2D eigenvalue weighted by atomic mass is 16.1. The maximum Gasteiger partial charge on any atom is 0.251 e. The predicted molar refractivity (Wildman–Crippen MR) is 122 cm³/mol. The molecule has 1 heterocycles. The van der Waals surface area contributed by atoms with E-state index >= 15 is 0 Å². The van der Waals surface area contributed by atoms with E-state index < -0.39 is 0 Å². The number of H-pyrrole nitrogens is 1. The van der Waals surface area contributed by atoms with Gasteiger partial charge in [-0.05, 0) is 92.5 Å². The molecule has 0 saturated heterocycles. The third-order valence-electron chi connectivity index (χ3n) is 7.36. The fraction of sp³-hybridized carbons (Fsp3) is 0.440. The first kappa shape index (κ1) is 19.7. The number of fused-ring (bicyclic) bond motifs is 1. The van der Waals surface area contributed by atoms with Crippen LogP contribution in [0.2, 0.25) is 0 Å². The summed E-state index contributed by atoms with van der Waals surface area (Å²) in [6.07, 6.45) is 10.6. The molecule has 4 aliphatic carbocycles. The van der Waals surface area contributed by atoms with E-state index in [9.17, 15) is 4.79 Å². The predicted octanol–water partition coefficient (Wildman–Crippen LogP) is 3.49. The number of amides is 1. The van der Waals surface area contributed by atoms with Gasteiger partial charge in [0.2, 0.25) is 0 Å². The molecule has 0 atom stereocenters. The Morgan fingerprint density at radius 1 is 1.29 bits per heavy atom. The van der Waals surface area contributed by atoms with E-state index in [1.54, 1.807) is 11.1 Å². The Labute approximate surface area is 182 Å². The quantitative estimate of drug-likeness (QED) is 0.667. The van der Waals surface area contributed by atoms with Gasteiger partial charge < -0.3 is 16.0 Å². The fourth-order valence-corrected chi connectivity index (χ4v) is 6.30. The second-order valence-electron chi connectivity index (χ2n) is 9.58. The van der Waals surface area contributed by atoms with Crippen LogP contribution in [0.25, 0.3) is 10.9 Å². The van der Waals surface area contributed by atoms with Gasteiger partial charge >= 0.3 is 0 Å². The number of aromatic nitrogens is 2. The number of aromatic amines is 1. The van der Waals surface area contributed by atoms with E-state index in [-0.39, 0.29) is 11.4 Å². The lowest BCUT2D eigenvalue weighted by Crippen LogP contribution is -2.59. The summed E-state index contributed by atoms with van der Waals surface area (Å²) in [6, 6.07) is 5.64. The maximum absolute atomic E-state index is 13.1. The third kappa shape index (κ3) is 3.59. The van der Waals surface area contributed by atoms with Crippen LogP contribution >= 0.6 is 0 Å². The Hall–Kier alpha value is -3.20. The first-order valence-corrected chi connectivity index (χ1v) is 11.1. The Bertz CT molecular complexity index is 1100. The second-order valence-corrected chi connectivity index (χ2v) is 9.58. The van der Waals surface area contributed by atoms with Gasteiger partial charge in [0, 0.05) is 29.7 Å². The van der Waals surface area contributed by atoms with Crippen molar-refractivity contribution in [1.82, 2.24) is 20.4 Å². The summed E-state index contributed by atoms with van der Waals surface area (Å²) in [5.74, 6) is 8.52. The van der Waals surface area contributed by atoms with Crippen LogP contribution < -0.4 is 11.1 Å². The molecular weight excluding hydrogens is 386 g/mol. The molecule has 4 saturated carbocycles. The molecule has 0 unspecified atom stereocenters. The Morgan fingerprint density at radius 3 is 2.58 bits per heavy atom. The Balaban J connectivity index is 1.35. The van der Waals surface area contributed by atoms with Crippen LogP contribution in [0.1, 0.15) is 54.6 Å². The summed E-state index contributed by atoms with van der Waals surface area (Å²) in [5.41, 5.74) is 8.39. The number of allylic oxidation sites excluding steroid dienone is 1. The summed E-state index contributed by atoms with van der Waals surface area (Å²) in [6.45, 7) is 3.72. The van der Waals surface area contributed by atoms with Crippen molar-refractivity contribution >= 4 is 16.8 Å². The van der Waals surface area contributed by atoms with Gasteiger partial charge in [-0.15, -0.1) is 0 Å². The van der Waals surface area contributed by atoms with Crippen molar-refractivity contribution in [2.45, 2.75) is 44.1 Å². The molecule has 1 amide bonds. The highest BCUT2D eigenvalue weighted by Gasteiger charge is 2.51. The summed E-state index contributed by atoms with van der Waals surface area (Å²) < 4.78 is 0. The average Bonchev–Trinajstić information content (AvgIpc) is 3.15. The van der Waals surface area contributed by atoms with Gasteiger partial charge in [-0.1, -0.05) is 6.58 Å². The van der Waals surface area contributed by atoms with Gasteiger partial charge in [-0.2, -0.15) is 5.10 Å². The number of rotatable bonds is 4. The second kappa shape index (κ2) is 7.49. The van der Waals surface area contributed by atoms with Crippen LogP contribution in [0.3, 0.4) is 0 Å². The van der Waals surface area contributed by atoms with Crippen LogP contribution in [0.15, 0.2) is 42.9 Å². The number of carbonyl (C=O) groups is 1. The fourth-order valence-electron chi connectivity index (χ4n) is 6.30. The molecule has 6 heteroatoms. The molecule has 0 radical (unpaired) electrons. The van der Waals surface area contributed by atoms with Crippen molar-refractivity contribution in [2.75, 3.05) is 7.05 Å². The van der Waals surface area contributed by atoms with E-state index in [4.69, 9.17) is 5.73 Å². The maximum atomic E-state index is 13.1. The molecule has 1 aromatic heterocycles. The zero-order valence-electron chi connectivity index (χ0n) is 17.9. The van der Waals surface area contributed by atoms with Gasteiger partial charge in [-0.25, -0.2) is 0 Å². The van der Waals surface area contributed by atoms with Crippen LogP contribution in [0, 0.1) is 29.6 Å². The molecule has 6 nitrogen and oxygen atoms in total. The largest absolute Gasteiger partial charge is 0.402 e. The van der Waals surface area contributed by atoms with Gasteiger partial charge in [0.05, 0.1) is 5.52 Å². The number of hydrogen-bond donors (Lipinski definition) is 3. The molecule has 4 aliphatic rings. The normalized spacial score (nSPS) is 28.8. The van der Waals surface area contributed by atoms with Crippen molar-refractivity contribution in [2.24, 2.45) is 23.5 Å². The highest BCUT2D eigenvalue weighted by Crippen LogP contribution is 2.55. The van der Waals surface area contributed by atoms with Crippen molar-refractivity contribution in [3.8, 4) is 11.8 Å². The van der Waals surface area contributed by atoms with Crippen LogP contribution in [0.5, 0.6) is 0 Å². The van der Waals surface area contributed by atoms with Crippen LogP contribution in [-0.4, -0.2) is 33.6 Å². The molecule has 4 bridgehead atoms. The van der Waals surface area contributed by atoms with Gasteiger partial charge in [0.25, 0.3) is 5.91 Å². The van der Waals surface area contributed by atoms with Crippen molar-refractivity contribution in [3.63, 3.8) is 0 Å². The number of nitrogens with one attached hydrogen (secondary N) is 2. The molecule has 2 aromatic rings. The minimum Gasteiger partial charge on any atom is -0.402 e. The third-order valence-corrected chi connectivity index (χ3v) is 7.36. The first-order chi connectivity index (χ1) is 15.0. The SMILES string of the molecule is C=CN(C)/C(C#Cc1[nH]nc2cc(C(=O)NC34CC5CC(CC(C5)C3)C4)ccc12)=C\N. The van der Waals surface area contributed by atoms with E-state index in [0.717, 1.165) is 47.9 Å². The van der Waals surface area contributed by atoms with Crippen LogP contribution in [0.4, 0.5) is 0 Å². The number of nitrogens with zero attached hydrogens (tertiary/aromatic N) is 2. The molecule has 160 valence electrons. The lowest BCUT2D eigenvalue weighted by molar-refractivity contribution is -0.0167. The van der Waals surface area contributed by atoms with E-state index in [1.165, 1.54) is 25.5 Å². The van der Waals surface area contributed by atoms with E-state index in [1.807, 2.05) is 25.2 Å². The summed E-state index contributed by atoms with van der Waals surface area (Å²) >= 11 is 0. The zero-order valence-corrected chi connectivity index (χ0v) is 17.9. The topological polar surface area (TPSA) is 87.0 Å². The molecule has 1 aromatic carbocycles. The molecule has 4 N–H and O–H groups in total. The number of nitrogens with two attached hydrogens (primary N) is 1. The smallest absolute Gasteiger partial charge is 0.251 e. The monoisotopic (exact) mass is 415 g/mol. The van der Waals surface area contributed by atoms with Gasteiger partial charge in [0.15, 0.2) is 0 Å².